The van der Waals surface area contributed by atoms with Gasteiger partial charge in [0.15, 0.2) is 0 Å². The number of rotatable bonds is 4. The molecule has 0 aromatic carbocycles. The van der Waals surface area contributed by atoms with E-state index in [1.165, 1.54) is 56.6 Å². The normalized spacial score (nSPS) is 32.4. The lowest BCUT2D eigenvalue weighted by Gasteiger charge is -2.48. The third-order valence-electron chi connectivity index (χ3n) is 4.40. The van der Waals surface area contributed by atoms with E-state index >= 15 is 0 Å². The van der Waals surface area contributed by atoms with Crippen molar-refractivity contribution < 1.29 is 0 Å². The van der Waals surface area contributed by atoms with Crippen LogP contribution in [0, 0.1) is 0 Å². The van der Waals surface area contributed by atoms with E-state index in [0.717, 1.165) is 12.6 Å². The highest BCUT2D eigenvalue weighted by atomic mass is 32.2. The van der Waals surface area contributed by atoms with Gasteiger partial charge < -0.3 is 5.73 Å². The van der Waals surface area contributed by atoms with Crippen molar-refractivity contribution in [1.82, 2.24) is 4.90 Å². The summed E-state index contributed by atoms with van der Waals surface area (Å²) >= 11 is 2.11. The van der Waals surface area contributed by atoms with E-state index in [2.05, 4.69) is 23.6 Å². The van der Waals surface area contributed by atoms with E-state index in [9.17, 15) is 0 Å². The minimum atomic E-state index is 0.326. The van der Waals surface area contributed by atoms with Gasteiger partial charge in [0.2, 0.25) is 0 Å². The summed E-state index contributed by atoms with van der Waals surface area (Å²) in [5.74, 6) is 2.60. The van der Waals surface area contributed by atoms with Crippen LogP contribution in [-0.2, 0) is 0 Å². The highest BCUT2D eigenvalue weighted by Crippen LogP contribution is 2.36. The second-order valence-corrected chi connectivity index (χ2v) is 6.41. The quantitative estimate of drug-likeness (QED) is 0.821. The zero-order valence-electron chi connectivity index (χ0n) is 10.6. The van der Waals surface area contributed by atoms with E-state index in [4.69, 9.17) is 5.73 Å². The number of nitrogens with two attached hydrogens (primary N) is 1. The summed E-state index contributed by atoms with van der Waals surface area (Å²) in [4.78, 5) is 2.76. The Labute approximate surface area is 104 Å². The zero-order chi connectivity index (χ0) is 11.4. The maximum atomic E-state index is 6.13. The van der Waals surface area contributed by atoms with Crippen LogP contribution in [0.1, 0.15) is 45.4 Å². The molecule has 2 rings (SSSR count). The van der Waals surface area contributed by atoms with Gasteiger partial charge in [0, 0.05) is 23.9 Å². The Morgan fingerprint density at radius 3 is 2.56 bits per heavy atom. The average molecular weight is 242 g/mol. The van der Waals surface area contributed by atoms with Crippen molar-refractivity contribution in [3.63, 3.8) is 0 Å². The Balaban J connectivity index is 2.08. The summed E-state index contributed by atoms with van der Waals surface area (Å²) < 4.78 is 0. The first kappa shape index (κ1) is 12.7. The van der Waals surface area contributed by atoms with Crippen molar-refractivity contribution in [2.24, 2.45) is 5.73 Å². The maximum Gasteiger partial charge on any atom is 0.0425 e. The fourth-order valence-electron chi connectivity index (χ4n) is 3.54. The molecule has 1 heterocycles. The fraction of sp³-hybridized carbons (Fsp3) is 1.00. The molecule has 0 aromatic rings. The summed E-state index contributed by atoms with van der Waals surface area (Å²) in [6.45, 7) is 4.35. The van der Waals surface area contributed by atoms with Gasteiger partial charge >= 0.3 is 0 Å². The number of thioether (sulfide) groups is 1. The molecule has 0 bridgehead atoms. The molecule has 1 saturated heterocycles. The number of hydrogen-bond acceptors (Lipinski definition) is 3. The van der Waals surface area contributed by atoms with Gasteiger partial charge in [-0.05, 0) is 38.0 Å². The van der Waals surface area contributed by atoms with Gasteiger partial charge in [0.05, 0.1) is 0 Å². The summed E-state index contributed by atoms with van der Waals surface area (Å²) in [5.41, 5.74) is 6.45. The Morgan fingerprint density at radius 1 is 1.31 bits per heavy atom. The van der Waals surface area contributed by atoms with Gasteiger partial charge in [-0.15, -0.1) is 0 Å². The minimum absolute atomic E-state index is 0.326. The van der Waals surface area contributed by atoms with Crippen LogP contribution in [0.3, 0.4) is 0 Å². The predicted octanol–water partition coefficient (Wildman–Crippen LogP) is 2.48. The summed E-state index contributed by atoms with van der Waals surface area (Å²) in [7, 11) is 0. The Bertz CT molecular complexity index is 208. The Hall–Kier alpha value is 0.270. The molecule has 0 spiro atoms. The molecule has 94 valence electrons. The smallest absolute Gasteiger partial charge is 0.0425 e. The third-order valence-corrected chi connectivity index (χ3v) is 5.72. The Morgan fingerprint density at radius 2 is 2.06 bits per heavy atom. The van der Waals surface area contributed by atoms with Crippen LogP contribution in [-0.4, -0.2) is 41.1 Å². The lowest BCUT2D eigenvalue weighted by molar-refractivity contribution is 0.0629. The SMILES string of the molecule is CCN(C1CCCC1)C1(CN)CCCSC1. The van der Waals surface area contributed by atoms with Crippen molar-refractivity contribution in [1.29, 1.82) is 0 Å². The predicted molar refractivity (Wildman–Crippen MR) is 73.0 cm³/mol. The van der Waals surface area contributed by atoms with Crippen LogP contribution in [0.25, 0.3) is 0 Å². The molecule has 0 radical (unpaired) electrons. The second-order valence-electron chi connectivity index (χ2n) is 5.31. The largest absolute Gasteiger partial charge is 0.329 e. The molecule has 1 saturated carbocycles. The van der Waals surface area contributed by atoms with Crippen molar-refractivity contribution in [3.8, 4) is 0 Å². The van der Waals surface area contributed by atoms with Crippen LogP contribution < -0.4 is 5.73 Å². The van der Waals surface area contributed by atoms with Gasteiger partial charge in [-0.3, -0.25) is 4.90 Å². The van der Waals surface area contributed by atoms with E-state index in [1.54, 1.807) is 0 Å². The molecule has 1 unspecified atom stereocenters. The summed E-state index contributed by atoms with van der Waals surface area (Å²) in [5, 5.41) is 0. The monoisotopic (exact) mass is 242 g/mol. The van der Waals surface area contributed by atoms with Gasteiger partial charge in [-0.1, -0.05) is 19.8 Å². The lowest BCUT2D eigenvalue weighted by Crippen LogP contribution is -2.60. The molecular weight excluding hydrogens is 216 g/mol. The number of hydrogen-bond donors (Lipinski definition) is 1. The lowest BCUT2D eigenvalue weighted by atomic mass is 9.91. The molecule has 3 heteroatoms. The maximum absolute atomic E-state index is 6.13. The van der Waals surface area contributed by atoms with Gasteiger partial charge in [0.25, 0.3) is 0 Å². The van der Waals surface area contributed by atoms with Crippen molar-refractivity contribution >= 4 is 11.8 Å². The van der Waals surface area contributed by atoms with E-state index < -0.39 is 0 Å². The molecule has 2 fully saturated rings. The minimum Gasteiger partial charge on any atom is -0.329 e. The van der Waals surface area contributed by atoms with Crippen LogP contribution in [0.4, 0.5) is 0 Å². The van der Waals surface area contributed by atoms with Crippen LogP contribution in [0.2, 0.25) is 0 Å². The topological polar surface area (TPSA) is 29.3 Å². The molecule has 2 N–H and O–H groups in total. The molecular formula is C13H26N2S. The van der Waals surface area contributed by atoms with Gasteiger partial charge in [-0.2, -0.15) is 11.8 Å². The molecule has 2 nitrogen and oxygen atoms in total. The first-order valence-electron chi connectivity index (χ1n) is 6.87. The van der Waals surface area contributed by atoms with E-state index in [1.807, 2.05) is 0 Å². The van der Waals surface area contributed by atoms with Crippen LogP contribution in [0.15, 0.2) is 0 Å². The molecule has 1 atom stereocenters. The first-order valence-corrected chi connectivity index (χ1v) is 8.02. The van der Waals surface area contributed by atoms with Gasteiger partial charge in [-0.25, -0.2) is 0 Å². The van der Waals surface area contributed by atoms with Gasteiger partial charge in [0.1, 0.15) is 0 Å². The molecule has 1 aliphatic carbocycles. The fourth-order valence-corrected chi connectivity index (χ4v) is 4.84. The molecule has 0 aromatic heterocycles. The van der Waals surface area contributed by atoms with Crippen LogP contribution >= 0.6 is 11.8 Å². The standard InChI is InChI=1S/C13H26N2S/c1-2-15(12-6-3-4-7-12)13(10-14)8-5-9-16-11-13/h12H,2-11,14H2,1H3. The highest BCUT2D eigenvalue weighted by Gasteiger charge is 2.40. The third kappa shape index (κ3) is 2.41. The summed E-state index contributed by atoms with van der Waals surface area (Å²) in [6.07, 6.45) is 8.33. The van der Waals surface area contributed by atoms with Crippen molar-refractivity contribution in [3.05, 3.63) is 0 Å². The van der Waals surface area contributed by atoms with Crippen molar-refractivity contribution in [2.75, 3.05) is 24.6 Å². The van der Waals surface area contributed by atoms with E-state index in [0.29, 0.717) is 5.54 Å². The summed E-state index contributed by atoms with van der Waals surface area (Å²) in [6, 6.07) is 0.826. The molecule has 2 aliphatic rings. The number of likely N-dealkylation sites (N-methyl/N-ethyl adjacent to an activating group) is 1. The highest BCUT2D eigenvalue weighted by molar-refractivity contribution is 7.99. The molecule has 0 amide bonds. The average Bonchev–Trinajstić information content (AvgIpc) is 2.85. The molecule has 1 aliphatic heterocycles. The Kier molecular flexibility index (Phi) is 4.57. The zero-order valence-corrected chi connectivity index (χ0v) is 11.4. The van der Waals surface area contributed by atoms with E-state index in [-0.39, 0.29) is 0 Å². The second kappa shape index (κ2) is 5.74. The van der Waals surface area contributed by atoms with Crippen molar-refractivity contribution in [2.45, 2.75) is 57.0 Å². The number of nitrogens with zero attached hydrogens (tertiary/aromatic N) is 1. The van der Waals surface area contributed by atoms with Crippen LogP contribution in [0.5, 0.6) is 0 Å². The molecule has 16 heavy (non-hydrogen) atoms. The first-order chi connectivity index (χ1) is 7.82.